The number of urea groups is 1. The highest BCUT2D eigenvalue weighted by Crippen LogP contribution is 2.20. The SMILES string of the molecule is O=C(O)c1ccccc1NC(=O)N1CCN(c2nccc(-c3ccccc3)n2)CC1. The Bertz CT molecular complexity index is 1050. The average molecular weight is 403 g/mol. The van der Waals surface area contributed by atoms with Crippen LogP contribution in [0.15, 0.2) is 66.9 Å². The van der Waals surface area contributed by atoms with Crippen LogP contribution in [0.2, 0.25) is 0 Å². The zero-order valence-electron chi connectivity index (χ0n) is 16.2. The standard InChI is InChI=1S/C22H21N5O3/c28-20(29)17-8-4-5-9-19(17)25-22(30)27-14-12-26(13-15-27)21-23-11-10-18(24-21)16-6-2-1-3-7-16/h1-11H,12-15H2,(H,25,30)(H,28,29). The zero-order valence-corrected chi connectivity index (χ0v) is 16.2. The minimum absolute atomic E-state index is 0.0654. The van der Waals surface area contributed by atoms with E-state index < -0.39 is 5.97 Å². The molecule has 1 saturated heterocycles. The van der Waals surface area contributed by atoms with Crippen molar-refractivity contribution in [2.24, 2.45) is 0 Å². The van der Waals surface area contributed by atoms with Crippen molar-refractivity contribution >= 4 is 23.6 Å². The fourth-order valence-corrected chi connectivity index (χ4v) is 3.35. The summed E-state index contributed by atoms with van der Waals surface area (Å²) in [6.45, 7) is 2.15. The fourth-order valence-electron chi connectivity index (χ4n) is 3.35. The predicted molar refractivity (Wildman–Crippen MR) is 114 cm³/mol. The van der Waals surface area contributed by atoms with Crippen molar-refractivity contribution in [3.05, 3.63) is 72.4 Å². The molecule has 0 bridgehead atoms. The van der Waals surface area contributed by atoms with Crippen LogP contribution in [0, 0.1) is 0 Å². The van der Waals surface area contributed by atoms with Gasteiger partial charge in [-0.1, -0.05) is 42.5 Å². The number of carboxylic acid groups (broad SMARTS) is 1. The van der Waals surface area contributed by atoms with Gasteiger partial charge in [0.05, 0.1) is 16.9 Å². The van der Waals surface area contributed by atoms with Crippen molar-refractivity contribution in [1.29, 1.82) is 0 Å². The van der Waals surface area contributed by atoms with E-state index in [1.807, 2.05) is 41.3 Å². The number of aromatic nitrogens is 2. The predicted octanol–water partition coefficient (Wildman–Crippen LogP) is 3.20. The molecule has 2 amide bonds. The molecule has 8 heteroatoms. The minimum atomic E-state index is -1.08. The number of hydrogen-bond acceptors (Lipinski definition) is 5. The highest BCUT2D eigenvalue weighted by molar-refractivity contribution is 6.00. The summed E-state index contributed by atoms with van der Waals surface area (Å²) in [5, 5.41) is 12.0. The summed E-state index contributed by atoms with van der Waals surface area (Å²) in [5.41, 5.74) is 2.23. The van der Waals surface area contributed by atoms with E-state index in [0.29, 0.717) is 32.1 Å². The number of nitrogens with zero attached hydrogens (tertiary/aromatic N) is 4. The minimum Gasteiger partial charge on any atom is -0.478 e. The maximum atomic E-state index is 12.6. The van der Waals surface area contributed by atoms with Gasteiger partial charge >= 0.3 is 12.0 Å². The molecule has 0 saturated carbocycles. The lowest BCUT2D eigenvalue weighted by Gasteiger charge is -2.34. The van der Waals surface area contributed by atoms with Crippen molar-refractivity contribution < 1.29 is 14.7 Å². The van der Waals surface area contributed by atoms with Crippen LogP contribution in [0.4, 0.5) is 16.4 Å². The van der Waals surface area contributed by atoms with E-state index in [1.165, 1.54) is 6.07 Å². The normalized spacial score (nSPS) is 13.7. The van der Waals surface area contributed by atoms with Crippen molar-refractivity contribution in [1.82, 2.24) is 14.9 Å². The van der Waals surface area contributed by atoms with Gasteiger partial charge in [-0.05, 0) is 18.2 Å². The summed E-state index contributed by atoms with van der Waals surface area (Å²) in [5.74, 6) is -0.446. The third-order valence-corrected chi connectivity index (χ3v) is 4.96. The molecule has 2 aromatic carbocycles. The van der Waals surface area contributed by atoms with Crippen LogP contribution < -0.4 is 10.2 Å². The molecule has 2 heterocycles. The average Bonchev–Trinajstić information content (AvgIpc) is 2.80. The summed E-state index contributed by atoms with van der Waals surface area (Å²) in [6.07, 6.45) is 1.74. The molecular weight excluding hydrogens is 382 g/mol. The first-order valence-corrected chi connectivity index (χ1v) is 9.63. The number of carboxylic acids is 1. The lowest BCUT2D eigenvalue weighted by Crippen LogP contribution is -2.50. The number of aromatic carboxylic acids is 1. The number of para-hydroxylation sites is 1. The molecule has 0 radical (unpaired) electrons. The first kappa shape index (κ1) is 19.4. The van der Waals surface area contributed by atoms with E-state index in [9.17, 15) is 14.7 Å². The maximum Gasteiger partial charge on any atom is 0.337 e. The molecule has 0 unspecified atom stereocenters. The molecule has 3 aromatic rings. The van der Waals surface area contributed by atoms with Gasteiger partial charge in [-0.2, -0.15) is 0 Å². The van der Waals surface area contributed by atoms with E-state index in [4.69, 9.17) is 0 Å². The first-order valence-electron chi connectivity index (χ1n) is 9.63. The van der Waals surface area contributed by atoms with Gasteiger partial charge in [0.15, 0.2) is 0 Å². The Morgan fingerprint density at radius 2 is 1.60 bits per heavy atom. The molecule has 1 aromatic heterocycles. The van der Waals surface area contributed by atoms with Crippen LogP contribution in [0.3, 0.4) is 0 Å². The summed E-state index contributed by atoms with van der Waals surface area (Å²) < 4.78 is 0. The number of amides is 2. The van der Waals surface area contributed by atoms with E-state index in [2.05, 4.69) is 15.3 Å². The smallest absolute Gasteiger partial charge is 0.337 e. The largest absolute Gasteiger partial charge is 0.478 e. The highest BCUT2D eigenvalue weighted by Gasteiger charge is 2.24. The second-order valence-electron chi connectivity index (χ2n) is 6.86. The second kappa shape index (κ2) is 8.60. The Labute approximate surface area is 173 Å². The quantitative estimate of drug-likeness (QED) is 0.694. The Morgan fingerprint density at radius 1 is 0.900 bits per heavy atom. The second-order valence-corrected chi connectivity index (χ2v) is 6.86. The fraction of sp³-hybridized carbons (Fsp3) is 0.182. The maximum absolute atomic E-state index is 12.6. The lowest BCUT2D eigenvalue weighted by molar-refractivity contribution is 0.0698. The number of hydrogen-bond donors (Lipinski definition) is 2. The van der Waals surface area contributed by atoms with E-state index in [1.54, 1.807) is 29.3 Å². The molecular formula is C22H21N5O3. The van der Waals surface area contributed by atoms with Gasteiger partial charge in [0.2, 0.25) is 5.95 Å². The number of anilines is 2. The zero-order chi connectivity index (χ0) is 20.9. The van der Waals surface area contributed by atoms with Gasteiger partial charge in [0, 0.05) is 37.9 Å². The highest BCUT2D eigenvalue weighted by atomic mass is 16.4. The Balaban J connectivity index is 1.40. The topological polar surface area (TPSA) is 98.7 Å². The summed E-state index contributed by atoms with van der Waals surface area (Å²) in [6, 6.07) is 17.8. The molecule has 1 aliphatic rings. The van der Waals surface area contributed by atoms with Crippen LogP contribution >= 0.6 is 0 Å². The number of carbonyl (C=O) groups excluding carboxylic acids is 1. The van der Waals surface area contributed by atoms with Crippen LogP contribution in [0.25, 0.3) is 11.3 Å². The first-order chi connectivity index (χ1) is 14.6. The van der Waals surface area contributed by atoms with Gasteiger partial charge in [0.1, 0.15) is 0 Å². The summed E-state index contributed by atoms with van der Waals surface area (Å²) >= 11 is 0. The Kier molecular flexibility index (Phi) is 5.56. The third kappa shape index (κ3) is 4.22. The number of rotatable bonds is 4. The Hall–Kier alpha value is -3.94. The number of carbonyl (C=O) groups is 2. The van der Waals surface area contributed by atoms with Gasteiger partial charge in [0.25, 0.3) is 0 Å². The van der Waals surface area contributed by atoms with Crippen LogP contribution in [-0.2, 0) is 0 Å². The van der Waals surface area contributed by atoms with Crippen LogP contribution in [0.5, 0.6) is 0 Å². The molecule has 0 aliphatic carbocycles. The molecule has 1 aliphatic heterocycles. The van der Waals surface area contributed by atoms with Gasteiger partial charge in [-0.3, -0.25) is 0 Å². The molecule has 30 heavy (non-hydrogen) atoms. The third-order valence-electron chi connectivity index (χ3n) is 4.96. The van der Waals surface area contributed by atoms with E-state index >= 15 is 0 Å². The van der Waals surface area contributed by atoms with Crippen molar-refractivity contribution in [3.63, 3.8) is 0 Å². The van der Waals surface area contributed by atoms with E-state index in [-0.39, 0.29) is 17.3 Å². The molecule has 1 fully saturated rings. The van der Waals surface area contributed by atoms with Gasteiger partial charge in [-0.25, -0.2) is 19.6 Å². The number of piperazine rings is 1. The molecule has 0 spiro atoms. The number of benzene rings is 2. The molecule has 4 rings (SSSR count). The summed E-state index contributed by atoms with van der Waals surface area (Å²) in [7, 11) is 0. The molecule has 0 atom stereocenters. The Morgan fingerprint density at radius 3 is 2.33 bits per heavy atom. The lowest BCUT2D eigenvalue weighted by atomic mass is 10.1. The summed E-state index contributed by atoms with van der Waals surface area (Å²) in [4.78, 5) is 36.7. The number of nitrogens with one attached hydrogen (secondary N) is 1. The van der Waals surface area contributed by atoms with Crippen molar-refractivity contribution in [2.75, 3.05) is 36.4 Å². The van der Waals surface area contributed by atoms with Gasteiger partial charge < -0.3 is 20.2 Å². The monoisotopic (exact) mass is 403 g/mol. The molecule has 152 valence electrons. The van der Waals surface area contributed by atoms with Crippen LogP contribution in [-0.4, -0.2) is 58.2 Å². The molecule has 8 nitrogen and oxygen atoms in total. The van der Waals surface area contributed by atoms with E-state index in [0.717, 1.165) is 11.3 Å². The van der Waals surface area contributed by atoms with Gasteiger partial charge in [-0.15, -0.1) is 0 Å². The molecule has 2 N–H and O–H groups in total. The van der Waals surface area contributed by atoms with Crippen molar-refractivity contribution in [2.45, 2.75) is 0 Å². The van der Waals surface area contributed by atoms with Crippen LogP contribution in [0.1, 0.15) is 10.4 Å². The van der Waals surface area contributed by atoms with Crippen molar-refractivity contribution in [3.8, 4) is 11.3 Å².